The summed E-state index contributed by atoms with van der Waals surface area (Å²) in [4.78, 5) is 10.8. The smallest absolute Gasteiger partial charge is 0.226 e. The van der Waals surface area contributed by atoms with Crippen LogP contribution in [0.25, 0.3) is 0 Å². The molecule has 1 aliphatic rings. The Morgan fingerprint density at radius 3 is 2.83 bits per heavy atom. The van der Waals surface area contributed by atoms with Crippen molar-refractivity contribution in [3.05, 3.63) is 17.5 Å². The highest BCUT2D eigenvalue weighted by Crippen LogP contribution is 2.24. The highest BCUT2D eigenvalue weighted by Gasteiger charge is 2.32. The molecule has 1 saturated heterocycles. The van der Waals surface area contributed by atoms with Crippen LogP contribution in [0, 0.1) is 18.3 Å². The first-order chi connectivity index (χ1) is 8.39. The zero-order valence-corrected chi connectivity index (χ0v) is 11.3. The molecule has 0 saturated carbocycles. The lowest BCUT2D eigenvalue weighted by Gasteiger charge is -2.41. The fourth-order valence-corrected chi connectivity index (χ4v) is 2.36. The van der Waals surface area contributed by atoms with E-state index in [0.717, 1.165) is 18.8 Å². The van der Waals surface area contributed by atoms with Crippen molar-refractivity contribution < 1.29 is 4.74 Å². The minimum absolute atomic E-state index is 0.128. The largest absolute Gasteiger partial charge is 0.369 e. The van der Waals surface area contributed by atoms with Crippen LogP contribution in [0.2, 0.25) is 0 Å². The third kappa shape index (κ3) is 2.77. The van der Waals surface area contributed by atoms with Crippen molar-refractivity contribution >= 4 is 5.95 Å². The van der Waals surface area contributed by atoms with E-state index in [2.05, 4.69) is 34.8 Å². The van der Waals surface area contributed by atoms with Crippen molar-refractivity contribution in [3.8, 4) is 6.07 Å². The quantitative estimate of drug-likeness (QED) is 0.754. The van der Waals surface area contributed by atoms with E-state index < -0.39 is 0 Å². The van der Waals surface area contributed by atoms with Crippen LogP contribution < -0.4 is 4.90 Å². The Morgan fingerprint density at radius 2 is 2.22 bits per heavy atom. The molecule has 1 aromatic heterocycles. The van der Waals surface area contributed by atoms with Gasteiger partial charge in [0.25, 0.3) is 0 Å². The summed E-state index contributed by atoms with van der Waals surface area (Å²) in [5.41, 5.74) is 1.00. The Bertz CT molecular complexity index is 492. The van der Waals surface area contributed by atoms with Gasteiger partial charge in [0.05, 0.1) is 11.7 Å². The standard InChI is InChI=1S/C13H18N4O/c1-9-5-11(6-14)16-12(15-9)17-7-10(2)18-13(3,4)8-17/h5,10H,7-8H2,1-4H3. The van der Waals surface area contributed by atoms with E-state index >= 15 is 0 Å². The number of anilines is 1. The second kappa shape index (κ2) is 4.54. The van der Waals surface area contributed by atoms with Crippen LogP contribution in [0.5, 0.6) is 0 Å². The Labute approximate surface area is 107 Å². The maximum Gasteiger partial charge on any atom is 0.226 e. The van der Waals surface area contributed by atoms with Gasteiger partial charge in [0.2, 0.25) is 5.95 Å². The molecule has 0 N–H and O–H groups in total. The zero-order valence-electron chi connectivity index (χ0n) is 11.3. The van der Waals surface area contributed by atoms with Gasteiger partial charge in [0.1, 0.15) is 11.8 Å². The molecule has 2 heterocycles. The first-order valence-corrected chi connectivity index (χ1v) is 6.08. The van der Waals surface area contributed by atoms with Crippen LogP contribution >= 0.6 is 0 Å². The van der Waals surface area contributed by atoms with E-state index in [1.165, 1.54) is 0 Å². The van der Waals surface area contributed by atoms with Crippen LogP contribution in [0.1, 0.15) is 32.2 Å². The van der Waals surface area contributed by atoms with E-state index in [4.69, 9.17) is 10.00 Å². The van der Waals surface area contributed by atoms with Gasteiger partial charge in [-0.1, -0.05) is 0 Å². The molecule has 1 atom stereocenters. The molecule has 0 radical (unpaired) electrons. The fourth-order valence-electron chi connectivity index (χ4n) is 2.36. The predicted molar refractivity (Wildman–Crippen MR) is 68.3 cm³/mol. The number of ether oxygens (including phenoxy) is 1. The maximum atomic E-state index is 8.96. The number of morpholine rings is 1. The van der Waals surface area contributed by atoms with Crippen molar-refractivity contribution in [2.75, 3.05) is 18.0 Å². The van der Waals surface area contributed by atoms with Gasteiger partial charge in [-0.15, -0.1) is 0 Å². The summed E-state index contributed by atoms with van der Waals surface area (Å²) in [6, 6.07) is 3.76. The highest BCUT2D eigenvalue weighted by atomic mass is 16.5. The minimum Gasteiger partial charge on any atom is -0.369 e. The summed E-state index contributed by atoms with van der Waals surface area (Å²) in [7, 11) is 0. The summed E-state index contributed by atoms with van der Waals surface area (Å²) >= 11 is 0. The number of rotatable bonds is 1. The molecule has 96 valence electrons. The number of hydrogen-bond donors (Lipinski definition) is 0. The molecular formula is C13H18N4O. The molecule has 0 amide bonds. The van der Waals surface area contributed by atoms with E-state index in [1.54, 1.807) is 6.07 Å². The van der Waals surface area contributed by atoms with Gasteiger partial charge in [0.15, 0.2) is 0 Å². The summed E-state index contributed by atoms with van der Waals surface area (Å²) < 4.78 is 5.85. The van der Waals surface area contributed by atoms with Crippen molar-refractivity contribution in [1.29, 1.82) is 5.26 Å². The molecule has 18 heavy (non-hydrogen) atoms. The molecule has 0 spiro atoms. The third-order valence-corrected chi connectivity index (χ3v) is 2.81. The van der Waals surface area contributed by atoms with Gasteiger partial charge in [-0.25, -0.2) is 9.97 Å². The average molecular weight is 246 g/mol. The lowest BCUT2D eigenvalue weighted by molar-refractivity contribution is -0.0753. The predicted octanol–water partition coefficient (Wildman–Crippen LogP) is 1.66. The van der Waals surface area contributed by atoms with E-state index in [9.17, 15) is 0 Å². The van der Waals surface area contributed by atoms with Crippen LogP contribution in [-0.4, -0.2) is 34.8 Å². The van der Waals surface area contributed by atoms with Gasteiger partial charge < -0.3 is 9.64 Å². The molecule has 1 aliphatic heterocycles. The Kier molecular flexibility index (Phi) is 3.22. The lowest BCUT2D eigenvalue weighted by Crippen LogP contribution is -2.52. The SMILES string of the molecule is Cc1cc(C#N)nc(N2CC(C)OC(C)(C)C2)n1. The van der Waals surface area contributed by atoms with Crippen molar-refractivity contribution in [2.24, 2.45) is 0 Å². The van der Waals surface area contributed by atoms with Gasteiger partial charge in [0, 0.05) is 18.8 Å². The number of aryl methyl sites for hydroxylation is 1. The van der Waals surface area contributed by atoms with Crippen LogP contribution in [0.4, 0.5) is 5.95 Å². The van der Waals surface area contributed by atoms with E-state index in [1.807, 2.05) is 13.8 Å². The zero-order chi connectivity index (χ0) is 13.3. The number of hydrogen-bond acceptors (Lipinski definition) is 5. The van der Waals surface area contributed by atoms with E-state index in [-0.39, 0.29) is 11.7 Å². The molecule has 0 bridgehead atoms. The molecule has 0 aromatic carbocycles. The summed E-state index contributed by atoms with van der Waals surface area (Å²) in [6.07, 6.45) is 0.128. The Morgan fingerprint density at radius 1 is 1.50 bits per heavy atom. The molecule has 1 aromatic rings. The van der Waals surface area contributed by atoms with Crippen LogP contribution in [0.15, 0.2) is 6.07 Å². The minimum atomic E-state index is -0.225. The molecule has 2 rings (SSSR count). The first-order valence-electron chi connectivity index (χ1n) is 6.08. The third-order valence-electron chi connectivity index (χ3n) is 2.81. The normalized spacial score (nSPS) is 22.6. The van der Waals surface area contributed by atoms with Gasteiger partial charge in [-0.05, 0) is 33.8 Å². The summed E-state index contributed by atoms with van der Waals surface area (Å²) in [5, 5.41) is 8.96. The molecular weight excluding hydrogens is 228 g/mol. The average Bonchev–Trinajstić information content (AvgIpc) is 2.25. The Balaban J connectivity index is 2.31. The molecule has 1 fully saturated rings. The van der Waals surface area contributed by atoms with Crippen LogP contribution in [0.3, 0.4) is 0 Å². The molecule has 5 nitrogen and oxygen atoms in total. The van der Waals surface area contributed by atoms with Crippen molar-refractivity contribution in [2.45, 2.75) is 39.4 Å². The topological polar surface area (TPSA) is 62.0 Å². The second-order valence-electron chi connectivity index (χ2n) is 5.38. The van der Waals surface area contributed by atoms with Gasteiger partial charge in [-0.3, -0.25) is 0 Å². The van der Waals surface area contributed by atoms with Gasteiger partial charge >= 0.3 is 0 Å². The number of aromatic nitrogens is 2. The van der Waals surface area contributed by atoms with Crippen molar-refractivity contribution in [1.82, 2.24) is 9.97 Å². The van der Waals surface area contributed by atoms with Crippen LogP contribution in [-0.2, 0) is 4.74 Å². The number of nitriles is 1. The molecule has 1 unspecified atom stereocenters. The first kappa shape index (κ1) is 12.8. The van der Waals surface area contributed by atoms with E-state index in [0.29, 0.717) is 11.6 Å². The molecule has 5 heteroatoms. The monoisotopic (exact) mass is 246 g/mol. The maximum absolute atomic E-state index is 8.96. The van der Waals surface area contributed by atoms with Gasteiger partial charge in [-0.2, -0.15) is 5.26 Å². The molecule has 0 aliphatic carbocycles. The number of nitrogens with zero attached hydrogens (tertiary/aromatic N) is 4. The summed E-state index contributed by atoms with van der Waals surface area (Å²) in [5.74, 6) is 0.620. The highest BCUT2D eigenvalue weighted by molar-refractivity contribution is 5.37. The Hall–Kier alpha value is -1.67. The van der Waals surface area contributed by atoms with Crippen molar-refractivity contribution in [3.63, 3.8) is 0 Å². The summed E-state index contributed by atoms with van der Waals surface area (Å²) in [6.45, 7) is 9.49. The fraction of sp³-hybridized carbons (Fsp3) is 0.615. The lowest BCUT2D eigenvalue weighted by atomic mass is 10.1. The second-order valence-corrected chi connectivity index (χ2v) is 5.38.